The number of thiocarbonyl (C=S) groups is 1. The first-order valence-corrected chi connectivity index (χ1v) is 10.5. The van der Waals surface area contributed by atoms with Gasteiger partial charge in [-0.05, 0) is 47.7 Å². The summed E-state index contributed by atoms with van der Waals surface area (Å²) in [7, 11) is 0. The lowest BCUT2D eigenvalue weighted by molar-refractivity contribution is -0.115. The van der Waals surface area contributed by atoms with Crippen LogP contribution >= 0.6 is 24.0 Å². The zero-order valence-electron chi connectivity index (χ0n) is 15.9. The van der Waals surface area contributed by atoms with E-state index in [9.17, 15) is 4.79 Å². The molecule has 3 rings (SSSR count). The van der Waals surface area contributed by atoms with Crippen molar-refractivity contribution in [3.05, 3.63) is 64.6 Å². The van der Waals surface area contributed by atoms with Gasteiger partial charge in [-0.2, -0.15) is 0 Å². The van der Waals surface area contributed by atoms with Crippen LogP contribution in [0.4, 0.5) is 0 Å². The summed E-state index contributed by atoms with van der Waals surface area (Å²) >= 11 is 6.27. The van der Waals surface area contributed by atoms with Gasteiger partial charge in [0, 0.05) is 0 Å². The zero-order chi connectivity index (χ0) is 19.9. The van der Waals surface area contributed by atoms with Crippen LogP contribution in [0.15, 0.2) is 53.4 Å². The number of hydrogen-bond acceptors (Lipinski definition) is 5. The van der Waals surface area contributed by atoms with E-state index in [-0.39, 0.29) is 5.91 Å². The zero-order valence-corrected chi connectivity index (χ0v) is 17.6. The molecule has 1 atom stereocenters. The van der Waals surface area contributed by atoms with Crippen LogP contribution in [-0.2, 0) is 4.79 Å². The minimum atomic E-state index is -0.148. The van der Waals surface area contributed by atoms with E-state index in [0.717, 1.165) is 23.5 Å². The topological polar surface area (TPSA) is 47.6 Å². The van der Waals surface area contributed by atoms with Crippen molar-refractivity contribution < 1.29 is 14.3 Å². The van der Waals surface area contributed by atoms with Crippen LogP contribution in [0.2, 0.25) is 0 Å². The number of amides is 1. The van der Waals surface area contributed by atoms with E-state index in [2.05, 4.69) is 25.2 Å². The Hall–Kier alpha value is -2.31. The van der Waals surface area contributed by atoms with Crippen LogP contribution in [0.3, 0.4) is 0 Å². The first-order chi connectivity index (χ1) is 13.6. The molecule has 0 bridgehead atoms. The minimum absolute atomic E-state index is 0.148. The van der Waals surface area contributed by atoms with Crippen molar-refractivity contribution in [1.82, 2.24) is 5.32 Å². The first-order valence-electron chi connectivity index (χ1n) is 9.26. The maximum absolute atomic E-state index is 11.7. The van der Waals surface area contributed by atoms with Crippen LogP contribution in [0.5, 0.6) is 11.5 Å². The average Bonchev–Trinajstić information content (AvgIpc) is 3.03. The molecule has 2 aromatic rings. The van der Waals surface area contributed by atoms with Crippen LogP contribution < -0.4 is 14.8 Å². The van der Waals surface area contributed by atoms with Gasteiger partial charge < -0.3 is 14.8 Å². The molecule has 2 aromatic carbocycles. The molecule has 0 spiro atoms. The normalized spacial score (nSPS) is 16.1. The number of carbonyl (C=O) groups is 1. The molecule has 0 aliphatic carbocycles. The molecule has 146 valence electrons. The second-order valence-corrected chi connectivity index (χ2v) is 8.18. The highest BCUT2D eigenvalue weighted by Crippen LogP contribution is 2.28. The number of rotatable bonds is 8. The largest absolute Gasteiger partial charge is 0.490 e. The summed E-state index contributed by atoms with van der Waals surface area (Å²) in [6, 6.07) is 15.8. The number of hydrogen-bond donors (Lipinski definition) is 1. The third kappa shape index (κ3) is 5.36. The van der Waals surface area contributed by atoms with Crippen molar-refractivity contribution in [1.29, 1.82) is 0 Å². The van der Waals surface area contributed by atoms with Gasteiger partial charge >= 0.3 is 0 Å². The fraction of sp³-hybridized carbons (Fsp3) is 0.273. The van der Waals surface area contributed by atoms with Crippen molar-refractivity contribution in [2.75, 3.05) is 13.2 Å². The Morgan fingerprint density at radius 3 is 2.50 bits per heavy atom. The average molecular weight is 414 g/mol. The van der Waals surface area contributed by atoms with E-state index in [1.54, 1.807) is 0 Å². The van der Waals surface area contributed by atoms with Gasteiger partial charge in [-0.3, -0.25) is 4.79 Å². The van der Waals surface area contributed by atoms with E-state index in [1.807, 2.05) is 48.5 Å². The Morgan fingerprint density at radius 2 is 1.82 bits per heavy atom. The van der Waals surface area contributed by atoms with Crippen LogP contribution in [0.25, 0.3) is 6.08 Å². The standard InChI is InChI=1S/C22H23NO3S2/c1-3-15(2)18-6-4-5-7-19(18)26-13-12-25-17-10-8-16(9-11-17)14-20-21(24)23-22(27)28-20/h4-11,14-15H,3,12-13H2,1-2H3,(H,23,24,27). The van der Waals surface area contributed by atoms with Crippen molar-refractivity contribution in [3.63, 3.8) is 0 Å². The third-order valence-corrected chi connectivity index (χ3v) is 5.65. The Kier molecular flexibility index (Phi) is 7.12. The Bertz CT molecular complexity index is 878. The van der Waals surface area contributed by atoms with E-state index in [1.165, 1.54) is 17.3 Å². The lowest BCUT2D eigenvalue weighted by atomic mass is 9.98. The highest BCUT2D eigenvalue weighted by Gasteiger charge is 2.21. The fourth-order valence-electron chi connectivity index (χ4n) is 2.78. The van der Waals surface area contributed by atoms with Crippen LogP contribution in [0, 0.1) is 0 Å². The lowest BCUT2D eigenvalue weighted by Crippen LogP contribution is -2.17. The lowest BCUT2D eigenvalue weighted by Gasteiger charge is -2.15. The molecule has 28 heavy (non-hydrogen) atoms. The maximum atomic E-state index is 11.7. The molecule has 1 heterocycles. The maximum Gasteiger partial charge on any atom is 0.263 e. The summed E-state index contributed by atoms with van der Waals surface area (Å²) in [6.45, 7) is 5.32. The molecular weight excluding hydrogens is 390 g/mol. The monoisotopic (exact) mass is 413 g/mol. The number of benzene rings is 2. The predicted molar refractivity (Wildman–Crippen MR) is 119 cm³/mol. The van der Waals surface area contributed by atoms with Gasteiger partial charge in [0.1, 0.15) is 29.0 Å². The fourth-order valence-corrected chi connectivity index (χ4v) is 3.83. The van der Waals surface area contributed by atoms with Gasteiger partial charge in [-0.15, -0.1) is 0 Å². The Morgan fingerprint density at radius 1 is 1.11 bits per heavy atom. The van der Waals surface area contributed by atoms with Gasteiger partial charge in [-0.25, -0.2) is 0 Å². The minimum Gasteiger partial charge on any atom is -0.490 e. The molecule has 1 unspecified atom stereocenters. The van der Waals surface area contributed by atoms with Gasteiger partial charge in [0.25, 0.3) is 5.91 Å². The molecule has 4 nitrogen and oxygen atoms in total. The highest BCUT2D eigenvalue weighted by atomic mass is 32.2. The van der Waals surface area contributed by atoms with E-state index in [4.69, 9.17) is 21.7 Å². The number of ether oxygens (including phenoxy) is 2. The van der Waals surface area contributed by atoms with Crippen molar-refractivity contribution in [2.45, 2.75) is 26.2 Å². The van der Waals surface area contributed by atoms with Crippen LogP contribution in [0.1, 0.15) is 37.3 Å². The summed E-state index contributed by atoms with van der Waals surface area (Å²) in [6.07, 6.45) is 2.89. The molecule has 1 aliphatic rings. The van der Waals surface area contributed by atoms with Crippen LogP contribution in [-0.4, -0.2) is 23.4 Å². The smallest absolute Gasteiger partial charge is 0.263 e. The van der Waals surface area contributed by atoms with E-state index < -0.39 is 0 Å². The second kappa shape index (κ2) is 9.75. The molecule has 0 radical (unpaired) electrons. The molecule has 1 fully saturated rings. The summed E-state index contributed by atoms with van der Waals surface area (Å²) < 4.78 is 12.2. The Balaban J connectivity index is 1.50. The van der Waals surface area contributed by atoms with E-state index >= 15 is 0 Å². The summed E-state index contributed by atoms with van der Waals surface area (Å²) in [5.41, 5.74) is 2.16. The SMILES string of the molecule is CCC(C)c1ccccc1OCCOc1ccc(C=C2SC(=S)NC2=O)cc1. The van der Waals surface area contributed by atoms with Crippen molar-refractivity contribution in [2.24, 2.45) is 0 Å². The number of carbonyl (C=O) groups excluding carboxylic acids is 1. The first kappa shape index (κ1) is 20.4. The molecule has 1 N–H and O–H groups in total. The molecule has 1 saturated heterocycles. The molecule has 1 amide bonds. The summed E-state index contributed by atoms with van der Waals surface area (Å²) in [5, 5.41) is 2.61. The number of para-hydroxylation sites is 1. The van der Waals surface area contributed by atoms with Gasteiger partial charge in [0.15, 0.2) is 0 Å². The Labute approximate surface area is 175 Å². The quantitative estimate of drug-likeness (QED) is 0.369. The summed E-state index contributed by atoms with van der Waals surface area (Å²) in [5.74, 6) is 2.01. The summed E-state index contributed by atoms with van der Waals surface area (Å²) in [4.78, 5) is 12.3. The highest BCUT2D eigenvalue weighted by molar-refractivity contribution is 8.26. The van der Waals surface area contributed by atoms with Crippen molar-refractivity contribution in [3.8, 4) is 11.5 Å². The van der Waals surface area contributed by atoms with Gasteiger partial charge in [0.2, 0.25) is 0 Å². The number of thioether (sulfide) groups is 1. The van der Waals surface area contributed by atoms with Gasteiger partial charge in [-0.1, -0.05) is 68.2 Å². The third-order valence-electron chi connectivity index (χ3n) is 4.49. The molecule has 1 aliphatic heterocycles. The second-order valence-electron chi connectivity index (χ2n) is 6.47. The van der Waals surface area contributed by atoms with Crippen molar-refractivity contribution >= 4 is 40.3 Å². The molecular formula is C22H23NO3S2. The number of nitrogens with one attached hydrogen (secondary N) is 1. The van der Waals surface area contributed by atoms with Gasteiger partial charge in [0.05, 0.1) is 4.91 Å². The predicted octanol–water partition coefficient (Wildman–Crippen LogP) is 5.15. The molecule has 6 heteroatoms. The molecule has 0 saturated carbocycles. The molecule has 0 aromatic heterocycles. The van der Waals surface area contributed by atoms with E-state index in [0.29, 0.717) is 28.4 Å².